The summed E-state index contributed by atoms with van der Waals surface area (Å²) in [5, 5.41) is 4.86. The van der Waals surface area contributed by atoms with Crippen molar-refractivity contribution in [2.24, 2.45) is 0 Å². The summed E-state index contributed by atoms with van der Waals surface area (Å²) in [6.45, 7) is 1.41. The summed E-state index contributed by atoms with van der Waals surface area (Å²) in [5.74, 6) is -1.21. The molecule has 1 aliphatic heterocycles. The standard InChI is InChI=1S/C23H20N2O4/c1-15(23(28)25-14-21(26)24-19-8-4-5-9-20(19)25)29-22(27)13-16-10-11-17-6-2-3-7-18(17)12-16/h2-12,15H,13-14H2,1H3,(H,24,26)/t15-/m1/s1. The molecule has 0 saturated carbocycles. The molecule has 0 bridgehead atoms. The van der Waals surface area contributed by atoms with Gasteiger partial charge in [0, 0.05) is 0 Å². The van der Waals surface area contributed by atoms with Gasteiger partial charge in [-0.15, -0.1) is 0 Å². The summed E-state index contributed by atoms with van der Waals surface area (Å²) >= 11 is 0. The van der Waals surface area contributed by atoms with Crippen LogP contribution in [-0.2, 0) is 25.5 Å². The molecule has 0 aliphatic carbocycles. The van der Waals surface area contributed by atoms with Crippen LogP contribution in [0.2, 0.25) is 0 Å². The van der Waals surface area contributed by atoms with Gasteiger partial charge in [-0.1, -0.05) is 54.6 Å². The highest BCUT2D eigenvalue weighted by Gasteiger charge is 2.31. The van der Waals surface area contributed by atoms with Crippen LogP contribution in [0.3, 0.4) is 0 Å². The van der Waals surface area contributed by atoms with Crippen LogP contribution in [0.4, 0.5) is 11.4 Å². The lowest BCUT2D eigenvalue weighted by atomic mass is 10.1. The molecule has 146 valence electrons. The molecular weight excluding hydrogens is 368 g/mol. The SMILES string of the molecule is C[C@@H](OC(=O)Cc1ccc2ccccc2c1)C(=O)N1CC(=O)Nc2ccccc21. The third kappa shape index (κ3) is 3.96. The molecule has 0 aromatic heterocycles. The van der Waals surface area contributed by atoms with Crippen LogP contribution < -0.4 is 10.2 Å². The number of carbonyl (C=O) groups is 3. The van der Waals surface area contributed by atoms with Gasteiger partial charge in [0.15, 0.2) is 6.10 Å². The van der Waals surface area contributed by atoms with E-state index in [9.17, 15) is 14.4 Å². The largest absolute Gasteiger partial charge is 0.452 e. The zero-order valence-corrected chi connectivity index (χ0v) is 15.9. The number of hydrogen-bond acceptors (Lipinski definition) is 4. The Morgan fingerprint density at radius 2 is 1.76 bits per heavy atom. The maximum Gasteiger partial charge on any atom is 0.311 e. The zero-order valence-electron chi connectivity index (χ0n) is 15.9. The van der Waals surface area contributed by atoms with Crippen LogP contribution >= 0.6 is 0 Å². The van der Waals surface area contributed by atoms with Gasteiger partial charge < -0.3 is 10.1 Å². The molecule has 1 N–H and O–H groups in total. The lowest BCUT2D eigenvalue weighted by Crippen LogP contribution is -2.47. The van der Waals surface area contributed by atoms with Gasteiger partial charge in [0.25, 0.3) is 5.91 Å². The predicted octanol–water partition coefficient (Wildman–Crippen LogP) is 3.30. The van der Waals surface area contributed by atoms with Gasteiger partial charge in [-0.2, -0.15) is 0 Å². The molecule has 0 fully saturated rings. The number of benzene rings is 3. The number of anilines is 2. The molecule has 0 unspecified atom stereocenters. The molecule has 1 heterocycles. The Hall–Kier alpha value is -3.67. The van der Waals surface area contributed by atoms with E-state index in [2.05, 4.69) is 5.32 Å². The normalized spacial score (nSPS) is 14.1. The van der Waals surface area contributed by atoms with Gasteiger partial charge in [0.1, 0.15) is 6.54 Å². The molecule has 0 radical (unpaired) electrons. The van der Waals surface area contributed by atoms with E-state index >= 15 is 0 Å². The van der Waals surface area contributed by atoms with Crippen molar-refractivity contribution in [3.8, 4) is 0 Å². The average Bonchev–Trinajstić information content (AvgIpc) is 2.72. The minimum Gasteiger partial charge on any atom is -0.452 e. The minimum atomic E-state index is -0.998. The fourth-order valence-electron chi connectivity index (χ4n) is 3.45. The Kier molecular flexibility index (Phi) is 4.99. The number of hydrogen-bond donors (Lipinski definition) is 1. The Labute approximate surface area is 168 Å². The van der Waals surface area contributed by atoms with Gasteiger partial charge >= 0.3 is 5.97 Å². The van der Waals surface area contributed by atoms with E-state index in [0.717, 1.165) is 16.3 Å². The van der Waals surface area contributed by atoms with E-state index in [4.69, 9.17) is 4.74 Å². The minimum absolute atomic E-state index is 0.0690. The second kappa shape index (κ2) is 7.75. The molecule has 2 amide bonds. The highest BCUT2D eigenvalue weighted by Crippen LogP contribution is 2.29. The smallest absolute Gasteiger partial charge is 0.311 e. The highest BCUT2D eigenvalue weighted by molar-refractivity contribution is 6.11. The Bertz CT molecular complexity index is 1110. The van der Waals surface area contributed by atoms with Crippen LogP contribution in [0.1, 0.15) is 12.5 Å². The van der Waals surface area contributed by atoms with Gasteiger partial charge in [-0.3, -0.25) is 19.3 Å². The maximum atomic E-state index is 12.8. The molecule has 29 heavy (non-hydrogen) atoms. The summed E-state index contributed by atoms with van der Waals surface area (Å²) in [6, 6.07) is 20.7. The van der Waals surface area contributed by atoms with Crippen LogP contribution in [0, 0.1) is 0 Å². The quantitative estimate of drug-likeness (QED) is 0.696. The molecule has 1 atom stereocenters. The van der Waals surface area contributed by atoms with Crippen LogP contribution in [0.5, 0.6) is 0 Å². The first-order valence-electron chi connectivity index (χ1n) is 9.39. The summed E-state index contributed by atoms with van der Waals surface area (Å²) in [7, 11) is 0. The molecular formula is C23H20N2O4. The first kappa shape index (κ1) is 18.7. The summed E-state index contributed by atoms with van der Waals surface area (Å²) < 4.78 is 5.37. The van der Waals surface area contributed by atoms with Crippen molar-refractivity contribution in [2.45, 2.75) is 19.4 Å². The van der Waals surface area contributed by atoms with Gasteiger partial charge in [-0.05, 0) is 35.4 Å². The monoisotopic (exact) mass is 388 g/mol. The Morgan fingerprint density at radius 3 is 2.59 bits per heavy atom. The van der Waals surface area contributed by atoms with E-state index in [1.807, 2.05) is 42.5 Å². The van der Waals surface area contributed by atoms with Gasteiger partial charge in [0.2, 0.25) is 5.91 Å². The second-order valence-corrected chi connectivity index (χ2v) is 6.98. The lowest BCUT2D eigenvalue weighted by molar-refractivity contribution is -0.153. The number of amides is 2. The molecule has 1 aliphatic rings. The fraction of sp³-hybridized carbons (Fsp3) is 0.174. The molecule has 4 rings (SSSR count). The van der Waals surface area contributed by atoms with Crippen molar-refractivity contribution in [1.29, 1.82) is 0 Å². The summed E-state index contributed by atoms with van der Waals surface area (Å²) in [6.07, 6.45) is -0.929. The number of rotatable bonds is 4. The third-order valence-corrected chi connectivity index (χ3v) is 4.86. The number of nitrogens with zero attached hydrogens (tertiary/aromatic N) is 1. The summed E-state index contributed by atoms with van der Waals surface area (Å²) in [5.41, 5.74) is 1.97. The summed E-state index contributed by atoms with van der Waals surface area (Å²) in [4.78, 5) is 38.5. The van der Waals surface area contributed by atoms with E-state index in [0.29, 0.717) is 11.4 Å². The van der Waals surface area contributed by atoms with Gasteiger partial charge in [0.05, 0.1) is 17.8 Å². The molecule has 0 spiro atoms. The number of fused-ring (bicyclic) bond motifs is 2. The first-order chi connectivity index (χ1) is 14.0. The number of ether oxygens (including phenoxy) is 1. The third-order valence-electron chi connectivity index (χ3n) is 4.86. The van der Waals surface area contributed by atoms with Crippen molar-refractivity contribution in [3.05, 3.63) is 72.3 Å². The molecule has 3 aromatic carbocycles. The second-order valence-electron chi connectivity index (χ2n) is 6.98. The average molecular weight is 388 g/mol. The van der Waals surface area contributed by atoms with Crippen molar-refractivity contribution in [3.63, 3.8) is 0 Å². The van der Waals surface area contributed by atoms with Crippen molar-refractivity contribution in [1.82, 2.24) is 0 Å². The van der Waals surface area contributed by atoms with Crippen molar-refractivity contribution < 1.29 is 19.1 Å². The molecule has 6 nitrogen and oxygen atoms in total. The van der Waals surface area contributed by atoms with Crippen molar-refractivity contribution in [2.75, 3.05) is 16.8 Å². The van der Waals surface area contributed by atoms with E-state index in [1.54, 1.807) is 24.3 Å². The first-order valence-corrected chi connectivity index (χ1v) is 9.39. The Balaban J connectivity index is 1.44. The number of carbonyl (C=O) groups excluding carboxylic acids is 3. The van der Waals surface area contributed by atoms with E-state index < -0.39 is 18.0 Å². The van der Waals surface area contributed by atoms with E-state index in [-0.39, 0.29) is 18.9 Å². The number of nitrogens with one attached hydrogen (secondary N) is 1. The van der Waals surface area contributed by atoms with Crippen LogP contribution in [0.15, 0.2) is 66.7 Å². The lowest BCUT2D eigenvalue weighted by Gasteiger charge is -2.30. The number of para-hydroxylation sites is 2. The van der Waals surface area contributed by atoms with Gasteiger partial charge in [-0.25, -0.2) is 0 Å². The maximum absolute atomic E-state index is 12.8. The van der Waals surface area contributed by atoms with Crippen LogP contribution in [-0.4, -0.2) is 30.4 Å². The van der Waals surface area contributed by atoms with Crippen molar-refractivity contribution >= 4 is 39.9 Å². The zero-order chi connectivity index (χ0) is 20.4. The molecule has 3 aromatic rings. The molecule has 0 saturated heterocycles. The topological polar surface area (TPSA) is 75.7 Å². The van der Waals surface area contributed by atoms with E-state index in [1.165, 1.54) is 11.8 Å². The fourth-order valence-corrected chi connectivity index (χ4v) is 3.45. The van der Waals surface area contributed by atoms with Crippen LogP contribution in [0.25, 0.3) is 10.8 Å². The Morgan fingerprint density at radius 1 is 1.03 bits per heavy atom. The highest BCUT2D eigenvalue weighted by atomic mass is 16.5. The number of esters is 1. The molecule has 6 heteroatoms. The predicted molar refractivity (Wildman–Crippen MR) is 111 cm³/mol.